The molecule has 1 saturated carbocycles. The maximum Gasteiger partial charge on any atom is 0.241 e. The average Bonchev–Trinajstić information content (AvgIpc) is 3.01. The van der Waals surface area contributed by atoms with Crippen LogP contribution in [0.15, 0.2) is 0 Å². The number of carbonyl (C=O) groups excluding carboxylic acids is 1. The number of rotatable bonds is 6. The molecule has 0 aromatic rings. The van der Waals surface area contributed by atoms with Crippen molar-refractivity contribution in [1.29, 1.82) is 0 Å². The third-order valence-corrected chi connectivity index (χ3v) is 6.37. The van der Waals surface area contributed by atoms with Gasteiger partial charge in [0.05, 0.1) is 12.2 Å². The smallest absolute Gasteiger partial charge is 0.241 e. The fourth-order valence-electron chi connectivity index (χ4n) is 3.84. The number of hydrogen-bond acceptors (Lipinski definition) is 3. The zero-order valence-electron chi connectivity index (χ0n) is 14.3. The number of hydrogen-bond donors (Lipinski definition) is 1. The van der Waals surface area contributed by atoms with Gasteiger partial charge in [-0.15, -0.1) is 0 Å². The molecule has 0 spiro atoms. The minimum Gasteiger partial charge on any atom is -0.322 e. The molecule has 0 radical (unpaired) electrons. The first-order valence-corrected chi connectivity index (χ1v) is 9.89. The number of nitrogens with one attached hydrogen (secondary N) is 1. The predicted molar refractivity (Wildman–Crippen MR) is 91.4 cm³/mol. The van der Waals surface area contributed by atoms with Crippen LogP contribution >= 0.6 is 11.8 Å². The van der Waals surface area contributed by atoms with Crippen molar-refractivity contribution in [3.05, 3.63) is 0 Å². The van der Waals surface area contributed by atoms with E-state index in [1.54, 1.807) is 0 Å². The van der Waals surface area contributed by atoms with Gasteiger partial charge in [0.2, 0.25) is 5.91 Å². The summed E-state index contributed by atoms with van der Waals surface area (Å²) < 4.78 is 0. The van der Waals surface area contributed by atoms with Crippen LogP contribution in [0.2, 0.25) is 0 Å². The van der Waals surface area contributed by atoms with Gasteiger partial charge in [-0.05, 0) is 37.4 Å². The van der Waals surface area contributed by atoms with Crippen molar-refractivity contribution < 1.29 is 4.79 Å². The quantitative estimate of drug-likeness (QED) is 0.815. The van der Waals surface area contributed by atoms with E-state index in [1.807, 2.05) is 11.8 Å². The fourth-order valence-corrected chi connectivity index (χ4v) is 4.82. The molecule has 2 aliphatic rings. The van der Waals surface area contributed by atoms with Crippen LogP contribution in [-0.2, 0) is 4.79 Å². The summed E-state index contributed by atoms with van der Waals surface area (Å²) in [4.78, 5) is 15.2. The second-order valence-corrected chi connectivity index (χ2v) is 8.27. The summed E-state index contributed by atoms with van der Waals surface area (Å²) in [6.07, 6.45) is 8.27. The first-order valence-electron chi connectivity index (χ1n) is 8.60. The largest absolute Gasteiger partial charge is 0.322 e. The molecule has 122 valence electrons. The molecular formula is C17H32N2OS. The highest BCUT2D eigenvalue weighted by Gasteiger charge is 2.47. The standard InChI is InChI=1S/C17H32N2OS/c1-6-12(4)16-17(20)19(15(18-16)10-11(2)3)13-8-7-9-14(13)21-5/h11-16,18H,6-10H2,1-5H3. The van der Waals surface area contributed by atoms with Crippen LogP contribution in [0.4, 0.5) is 0 Å². The Hall–Kier alpha value is -0.220. The second-order valence-electron chi connectivity index (χ2n) is 7.19. The molecule has 1 N–H and O–H groups in total. The topological polar surface area (TPSA) is 32.3 Å². The van der Waals surface area contributed by atoms with Gasteiger partial charge in [-0.25, -0.2) is 0 Å². The first-order chi connectivity index (χ1) is 9.99. The summed E-state index contributed by atoms with van der Waals surface area (Å²) in [5.74, 6) is 1.40. The van der Waals surface area contributed by atoms with Gasteiger partial charge >= 0.3 is 0 Å². The highest BCUT2D eigenvalue weighted by molar-refractivity contribution is 7.99. The van der Waals surface area contributed by atoms with Gasteiger partial charge in [0.1, 0.15) is 0 Å². The molecule has 0 bridgehead atoms. The van der Waals surface area contributed by atoms with E-state index in [0.717, 1.165) is 12.8 Å². The Morgan fingerprint density at radius 2 is 2.05 bits per heavy atom. The highest BCUT2D eigenvalue weighted by atomic mass is 32.2. The average molecular weight is 313 g/mol. The van der Waals surface area contributed by atoms with Crippen LogP contribution in [0.25, 0.3) is 0 Å². The molecule has 21 heavy (non-hydrogen) atoms. The summed E-state index contributed by atoms with van der Waals surface area (Å²) in [6, 6.07) is 0.472. The molecule has 0 aromatic carbocycles. The third-order valence-electron chi connectivity index (χ3n) is 5.21. The Morgan fingerprint density at radius 3 is 2.62 bits per heavy atom. The van der Waals surface area contributed by atoms with Crippen LogP contribution in [0.3, 0.4) is 0 Å². The molecule has 1 heterocycles. The van der Waals surface area contributed by atoms with Crippen molar-refractivity contribution in [3.8, 4) is 0 Å². The van der Waals surface area contributed by atoms with E-state index < -0.39 is 0 Å². The number of thioether (sulfide) groups is 1. The first kappa shape index (κ1) is 17.1. The molecule has 3 nitrogen and oxygen atoms in total. The maximum absolute atomic E-state index is 13.0. The minimum absolute atomic E-state index is 0.0295. The molecule has 1 aliphatic heterocycles. The van der Waals surface area contributed by atoms with Crippen LogP contribution in [0, 0.1) is 11.8 Å². The van der Waals surface area contributed by atoms with E-state index in [-0.39, 0.29) is 12.2 Å². The van der Waals surface area contributed by atoms with Gasteiger partial charge in [-0.1, -0.05) is 40.5 Å². The van der Waals surface area contributed by atoms with Crippen LogP contribution in [0.1, 0.15) is 59.8 Å². The Kier molecular flexibility index (Phi) is 6.01. The van der Waals surface area contributed by atoms with Gasteiger partial charge < -0.3 is 4.90 Å². The lowest BCUT2D eigenvalue weighted by molar-refractivity contribution is -0.133. The predicted octanol–water partition coefficient (Wildman–Crippen LogP) is 3.49. The summed E-state index contributed by atoms with van der Waals surface area (Å²) in [7, 11) is 0. The SMILES string of the molecule is CCC(C)C1NC(CC(C)C)N(C2CCCC2SC)C1=O. The molecule has 5 atom stereocenters. The summed E-state index contributed by atoms with van der Waals surface area (Å²) >= 11 is 1.94. The van der Waals surface area contributed by atoms with Crippen molar-refractivity contribution in [2.75, 3.05) is 6.26 Å². The van der Waals surface area contributed by atoms with Gasteiger partial charge in [0, 0.05) is 11.3 Å². The number of amides is 1. The fraction of sp³-hybridized carbons (Fsp3) is 0.941. The molecule has 1 saturated heterocycles. The van der Waals surface area contributed by atoms with Crippen molar-refractivity contribution in [1.82, 2.24) is 10.2 Å². The van der Waals surface area contributed by atoms with Crippen LogP contribution < -0.4 is 5.32 Å². The molecule has 4 heteroatoms. The van der Waals surface area contributed by atoms with Gasteiger partial charge in [0.25, 0.3) is 0 Å². The lowest BCUT2D eigenvalue weighted by Crippen LogP contribution is -2.47. The van der Waals surface area contributed by atoms with Gasteiger partial charge in [0.15, 0.2) is 0 Å². The van der Waals surface area contributed by atoms with E-state index >= 15 is 0 Å². The Bertz CT molecular complexity index is 361. The minimum atomic E-state index is 0.0295. The van der Waals surface area contributed by atoms with E-state index in [1.165, 1.54) is 19.3 Å². The zero-order valence-corrected chi connectivity index (χ0v) is 15.1. The molecule has 2 fully saturated rings. The van der Waals surface area contributed by atoms with Gasteiger partial charge in [-0.2, -0.15) is 11.8 Å². The second kappa shape index (κ2) is 7.36. The molecular weight excluding hydrogens is 280 g/mol. The van der Waals surface area contributed by atoms with E-state index in [9.17, 15) is 4.79 Å². The Balaban J connectivity index is 2.19. The van der Waals surface area contributed by atoms with Crippen molar-refractivity contribution in [2.24, 2.45) is 11.8 Å². The molecule has 1 aliphatic carbocycles. The van der Waals surface area contributed by atoms with Crippen molar-refractivity contribution >= 4 is 17.7 Å². The number of carbonyl (C=O) groups is 1. The van der Waals surface area contributed by atoms with Gasteiger partial charge in [-0.3, -0.25) is 10.1 Å². The van der Waals surface area contributed by atoms with Crippen molar-refractivity contribution in [3.63, 3.8) is 0 Å². The number of nitrogens with zero attached hydrogens (tertiary/aromatic N) is 1. The van der Waals surface area contributed by atoms with Crippen LogP contribution in [-0.4, -0.2) is 40.6 Å². The summed E-state index contributed by atoms with van der Waals surface area (Å²) in [5.41, 5.74) is 0. The highest BCUT2D eigenvalue weighted by Crippen LogP contribution is 2.36. The molecule has 0 aromatic heterocycles. The summed E-state index contributed by atoms with van der Waals surface area (Å²) in [5, 5.41) is 4.29. The monoisotopic (exact) mass is 312 g/mol. The molecule has 1 amide bonds. The van der Waals surface area contributed by atoms with E-state index in [4.69, 9.17) is 0 Å². The van der Waals surface area contributed by atoms with E-state index in [0.29, 0.717) is 29.0 Å². The zero-order chi connectivity index (χ0) is 15.6. The maximum atomic E-state index is 13.0. The molecule has 5 unspecified atom stereocenters. The van der Waals surface area contributed by atoms with Crippen molar-refractivity contribution in [2.45, 2.75) is 83.3 Å². The Morgan fingerprint density at radius 1 is 1.33 bits per heavy atom. The third kappa shape index (κ3) is 3.58. The normalized spacial score (nSPS) is 35.0. The summed E-state index contributed by atoms with van der Waals surface area (Å²) in [6.45, 7) is 8.88. The Labute approximate surface area is 134 Å². The lowest BCUT2D eigenvalue weighted by atomic mass is 9.99. The molecule has 2 rings (SSSR count). The van der Waals surface area contributed by atoms with E-state index in [2.05, 4.69) is 44.2 Å². The van der Waals surface area contributed by atoms with Crippen LogP contribution in [0.5, 0.6) is 0 Å². The lowest BCUT2D eigenvalue weighted by Gasteiger charge is -2.34.